The van der Waals surface area contributed by atoms with E-state index in [4.69, 9.17) is 4.74 Å². The van der Waals surface area contributed by atoms with E-state index in [9.17, 15) is 9.59 Å². The summed E-state index contributed by atoms with van der Waals surface area (Å²) in [5.74, 6) is 0.129. The quantitative estimate of drug-likeness (QED) is 0.487. The smallest absolute Gasteiger partial charge is 0.307 e. The van der Waals surface area contributed by atoms with Gasteiger partial charge < -0.3 is 15.4 Å². The lowest BCUT2D eigenvalue weighted by Crippen LogP contribution is -2.41. The largest absolute Gasteiger partial charge is 0.466 e. The van der Waals surface area contributed by atoms with E-state index in [1.807, 2.05) is 6.92 Å². The van der Waals surface area contributed by atoms with Gasteiger partial charge in [-0.2, -0.15) is 0 Å². The van der Waals surface area contributed by atoms with Gasteiger partial charge in [0.2, 0.25) is 5.91 Å². The number of carbonyl (C=O) groups excluding carboxylic acids is 2. The highest BCUT2D eigenvalue weighted by molar-refractivity contribution is 5.78. The van der Waals surface area contributed by atoms with Crippen LogP contribution in [0.3, 0.4) is 0 Å². The van der Waals surface area contributed by atoms with Crippen molar-refractivity contribution in [1.82, 2.24) is 10.6 Å². The van der Waals surface area contributed by atoms with E-state index in [1.165, 1.54) is 0 Å². The van der Waals surface area contributed by atoms with Crippen molar-refractivity contribution < 1.29 is 14.3 Å². The number of rotatable bonds is 8. The van der Waals surface area contributed by atoms with E-state index < -0.39 is 0 Å². The molecular weight excluding hydrogens is 220 g/mol. The highest BCUT2D eigenvalue weighted by atomic mass is 16.5. The highest BCUT2D eigenvalue weighted by Gasteiger charge is 2.10. The molecule has 0 radical (unpaired) electrons. The maximum Gasteiger partial charge on any atom is 0.307 e. The van der Waals surface area contributed by atoms with Crippen LogP contribution in [0.2, 0.25) is 0 Å². The van der Waals surface area contributed by atoms with E-state index in [1.54, 1.807) is 6.92 Å². The van der Waals surface area contributed by atoms with Crippen molar-refractivity contribution in [2.45, 2.75) is 40.2 Å². The predicted molar refractivity (Wildman–Crippen MR) is 66.6 cm³/mol. The first-order chi connectivity index (χ1) is 7.97. The van der Waals surface area contributed by atoms with Gasteiger partial charge in [-0.05, 0) is 19.8 Å². The van der Waals surface area contributed by atoms with Gasteiger partial charge >= 0.3 is 5.97 Å². The average Bonchev–Trinajstić information content (AvgIpc) is 2.24. The van der Waals surface area contributed by atoms with Gasteiger partial charge in [-0.15, -0.1) is 0 Å². The first-order valence-corrected chi connectivity index (χ1v) is 6.13. The molecule has 0 aromatic carbocycles. The van der Waals surface area contributed by atoms with Crippen molar-refractivity contribution in [1.29, 1.82) is 0 Å². The molecule has 0 rings (SSSR count). The second kappa shape index (κ2) is 8.98. The molecule has 0 aliphatic carbocycles. The van der Waals surface area contributed by atoms with Crippen LogP contribution in [0, 0.1) is 5.92 Å². The van der Waals surface area contributed by atoms with Gasteiger partial charge in [0.1, 0.15) is 0 Å². The molecule has 0 spiro atoms. The minimum absolute atomic E-state index is 0.0462. The summed E-state index contributed by atoms with van der Waals surface area (Å²) in [6.45, 7) is 8.94. The van der Waals surface area contributed by atoms with Gasteiger partial charge in [0.05, 0.1) is 19.6 Å². The Balaban J connectivity index is 3.55. The molecule has 100 valence electrons. The van der Waals surface area contributed by atoms with Gasteiger partial charge in [0, 0.05) is 12.6 Å². The molecule has 0 aromatic heterocycles. The standard InChI is InChI=1S/C12H24N2O3/c1-5-17-12(16)6-7-13-8-11(15)14-10(4)9(2)3/h9-10,13H,5-8H2,1-4H3,(H,14,15). The van der Waals surface area contributed by atoms with Crippen molar-refractivity contribution in [2.75, 3.05) is 19.7 Å². The first kappa shape index (κ1) is 15.9. The van der Waals surface area contributed by atoms with Gasteiger partial charge in [-0.3, -0.25) is 9.59 Å². The molecule has 0 heterocycles. The minimum Gasteiger partial charge on any atom is -0.466 e. The van der Waals surface area contributed by atoms with Crippen LogP contribution < -0.4 is 10.6 Å². The van der Waals surface area contributed by atoms with Crippen LogP contribution in [0.25, 0.3) is 0 Å². The van der Waals surface area contributed by atoms with Crippen LogP contribution in [0.1, 0.15) is 34.1 Å². The summed E-state index contributed by atoms with van der Waals surface area (Å²) in [5, 5.41) is 5.78. The molecule has 0 fully saturated rings. The fraction of sp³-hybridized carbons (Fsp3) is 0.833. The minimum atomic E-state index is -0.240. The molecule has 0 aliphatic rings. The third-order valence-corrected chi connectivity index (χ3v) is 2.49. The number of carbonyl (C=O) groups is 2. The lowest BCUT2D eigenvalue weighted by atomic mass is 10.1. The zero-order chi connectivity index (χ0) is 13.3. The summed E-state index contributed by atoms with van der Waals surface area (Å²) >= 11 is 0. The van der Waals surface area contributed by atoms with Gasteiger partial charge in [0.15, 0.2) is 0 Å². The predicted octanol–water partition coefficient (Wildman–Crippen LogP) is 0.690. The van der Waals surface area contributed by atoms with Crippen LogP contribution in [0.15, 0.2) is 0 Å². The lowest BCUT2D eigenvalue weighted by Gasteiger charge is -2.17. The third kappa shape index (κ3) is 8.68. The Morgan fingerprint density at radius 1 is 1.24 bits per heavy atom. The Morgan fingerprint density at radius 2 is 1.88 bits per heavy atom. The average molecular weight is 244 g/mol. The molecule has 5 nitrogen and oxygen atoms in total. The van der Waals surface area contributed by atoms with Crippen LogP contribution in [-0.2, 0) is 14.3 Å². The molecule has 0 aliphatic heterocycles. The SMILES string of the molecule is CCOC(=O)CCNCC(=O)NC(C)C(C)C. The fourth-order valence-electron chi connectivity index (χ4n) is 1.10. The Labute approximate surface area is 103 Å². The third-order valence-electron chi connectivity index (χ3n) is 2.49. The molecule has 0 saturated carbocycles. The zero-order valence-corrected chi connectivity index (χ0v) is 11.2. The maximum atomic E-state index is 11.4. The number of hydrogen-bond acceptors (Lipinski definition) is 4. The summed E-state index contributed by atoms with van der Waals surface area (Å²) in [4.78, 5) is 22.4. The van der Waals surface area contributed by atoms with E-state index in [0.29, 0.717) is 25.5 Å². The molecular formula is C12H24N2O3. The van der Waals surface area contributed by atoms with E-state index in [2.05, 4.69) is 24.5 Å². The van der Waals surface area contributed by atoms with Gasteiger partial charge in [-0.1, -0.05) is 13.8 Å². The first-order valence-electron chi connectivity index (χ1n) is 6.13. The summed E-state index contributed by atoms with van der Waals surface area (Å²) in [6, 6.07) is 0.161. The molecule has 1 unspecified atom stereocenters. The summed E-state index contributed by atoms with van der Waals surface area (Å²) in [6.07, 6.45) is 0.293. The molecule has 17 heavy (non-hydrogen) atoms. The number of amides is 1. The molecule has 2 N–H and O–H groups in total. The number of hydrogen-bond donors (Lipinski definition) is 2. The summed E-state index contributed by atoms with van der Waals surface area (Å²) in [7, 11) is 0. The van der Waals surface area contributed by atoms with E-state index in [-0.39, 0.29) is 24.5 Å². The Bertz CT molecular complexity index is 242. The van der Waals surface area contributed by atoms with Gasteiger partial charge in [0.25, 0.3) is 0 Å². The van der Waals surface area contributed by atoms with Crippen molar-refractivity contribution in [2.24, 2.45) is 5.92 Å². The molecule has 1 amide bonds. The van der Waals surface area contributed by atoms with Crippen LogP contribution in [0.4, 0.5) is 0 Å². The molecule has 1 atom stereocenters. The maximum absolute atomic E-state index is 11.4. The Morgan fingerprint density at radius 3 is 2.41 bits per heavy atom. The molecule has 0 saturated heterocycles. The monoisotopic (exact) mass is 244 g/mol. The molecule has 0 bridgehead atoms. The number of nitrogens with one attached hydrogen (secondary N) is 2. The fourth-order valence-corrected chi connectivity index (χ4v) is 1.10. The normalized spacial score (nSPS) is 12.3. The number of ether oxygens (including phenoxy) is 1. The second-order valence-corrected chi connectivity index (χ2v) is 4.33. The van der Waals surface area contributed by atoms with Crippen LogP contribution >= 0.6 is 0 Å². The van der Waals surface area contributed by atoms with Crippen LogP contribution in [0.5, 0.6) is 0 Å². The second-order valence-electron chi connectivity index (χ2n) is 4.33. The van der Waals surface area contributed by atoms with E-state index in [0.717, 1.165) is 0 Å². The Kier molecular flexibility index (Phi) is 8.40. The topological polar surface area (TPSA) is 67.4 Å². The van der Waals surface area contributed by atoms with E-state index >= 15 is 0 Å². The van der Waals surface area contributed by atoms with Crippen molar-refractivity contribution in [3.8, 4) is 0 Å². The number of esters is 1. The summed E-state index contributed by atoms with van der Waals surface area (Å²) in [5.41, 5.74) is 0. The Hall–Kier alpha value is -1.10. The molecule has 0 aromatic rings. The summed E-state index contributed by atoms with van der Waals surface area (Å²) < 4.78 is 4.77. The molecule has 5 heteroatoms. The van der Waals surface area contributed by atoms with Crippen molar-refractivity contribution in [3.63, 3.8) is 0 Å². The van der Waals surface area contributed by atoms with Crippen molar-refractivity contribution >= 4 is 11.9 Å². The lowest BCUT2D eigenvalue weighted by molar-refractivity contribution is -0.143. The van der Waals surface area contributed by atoms with Crippen LogP contribution in [-0.4, -0.2) is 37.6 Å². The van der Waals surface area contributed by atoms with Gasteiger partial charge in [-0.25, -0.2) is 0 Å². The highest BCUT2D eigenvalue weighted by Crippen LogP contribution is 1.98. The zero-order valence-electron chi connectivity index (χ0n) is 11.2. The van der Waals surface area contributed by atoms with Crippen molar-refractivity contribution in [3.05, 3.63) is 0 Å².